The van der Waals surface area contributed by atoms with E-state index in [1.54, 1.807) is 6.20 Å². The van der Waals surface area contributed by atoms with Crippen molar-refractivity contribution < 1.29 is 18.8 Å². The molecular weight excluding hydrogens is 305 g/mol. The van der Waals surface area contributed by atoms with Gasteiger partial charge in [0.25, 0.3) is 0 Å². The third kappa shape index (κ3) is 3.81. The van der Waals surface area contributed by atoms with Crippen molar-refractivity contribution in [2.75, 3.05) is 6.61 Å². The third-order valence-electron chi connectivity index (χ3n) is 4.89. The molecule has 24 heavy (non-hydrogen) atoms. The first-order chi connectivity index (χ1) is 11.0. The van der Waals surface area contributed by atoms with Crippen molar-refractivity contribution in [2.24, 2.45) is 0 Å². The fraction of sp³-hybridized carbons (Fsp3) is 0.667. The molecule has 1 aromatic heterocycles. The molecule has 0 spiro atoms. The Bertz CT molecular complexity index is 597. The maximum atomic E-state index is 11.8. The lowest BCUT2D eigenvalue weighted by atomic mass is 9.76. The summed E-state index contributed by atoms with van der Waals surface area (Å²) in [7, 11) is -0.435. The number of hydrogen-bond donors (Lipinski definition) is 0. The molecule has 0 radical (unpaired) electrons. The minimum Gasteiger partial charge on any atom is -0.466 e. The summed E-state index contributed by atoms with van der Waals surface area (Å²) in [6.07, 6.45) is 2.02. The Morgan fingerprint density at radius 3 is 2.38 bits per heavy atom. The molecule has 1 aromatic rings. The van der Waals surface area contributed by atoms with Crippen LogP contribution in [0.3, 0.4) is 0 Å². The molecule has 0 atom stereocenters. The van der Waals surface area contributed by atoms with Crippen LogP contribution in [0.2, 0.25) is 0 Å². The first kappa shape index (κ1) is 18.9. The summed E-state index contributed by atoms with van der Waals surface area (Å²) in [5, 5.41) is 0. The number of hydrogen-bond acceptors (Lipinski definition) is 5. The Morgan fingerprint density at radius 2 is 1.83 bits per heavy atom. The van der Waals surface area contributed by atoms with Gasteiger partial charge in [-0.15, -0.1) is 0 Å². The number of carbonyl (C=O) groups excluding carboxylic acids is 1. The Kier molecular flexibility index (Phi) is 5.12. The predicted molar refractivity (Wildman–Crippen MR) is 94.2 cm³/mol. The van der Waals surface area contributed by atoms with E-state index in [4.69, 9.17) is 14.0 Å². The lowest BCUT2D eigenvalue weighted by molar-refractivity contribution is -0.144. The number of nitrogens with zero attached hydrogens (tertiary/aromatic N) is 1. The molecule has 6 heteroatoms. The lowest BCUT2D eigenvalue weighted by Crippen LogP contribution is -2.41. The molecule has 0 aliphatic carbocycles. The summed E-state index contributed by atoms with van der Waals surface area (Å²) in [5.41, 5.74) is 0.535. The van der Waals surface area contributed by atoms with E-state index in [0.29, 0.717) is 6.61 Å². The highest BCUT2D eigenvalue weighted by atomic mass is 16.7. The van der Waals surface area contributed by atoms with E-state index < -0.39 is 12.5 Å². The van der Waals surface area contributed by atoms with E-state index in [1.807, 2.05) is 60.6 Å². The highest BCUT2D eigenvalue weighted by molar-refractivity contribution is 6.62. The van der Waals surface area contributed by atoms with Crippen molar-refractivity contribution in [1.29, 1.82) is 0 Å². The van der Waals surface area contributed by atoms with Gasteiger partial charge in [-0.2, -0.15) is 0 Å². The zero-order valence-electron chi connectivity index (χ0n) is 15.8. The van der Waals surface area contributed by atoms with Crippen LogP contribution in [0.1, 0.15) is 60.6 Å². The minimum atomic E-state index is -0.435. The van der Waals surface area contributed by atoms with E-state index in [-0.39, 0.29) is 23.6 Å². The zero-order valence-corrected chi connectivity index (χ0v) is 15.8. The van der Waals surface area contributed by atoms with Crippen LogP contribution in [0.5, 0.6) is 0 Å². The second kappa shape index (κ2) is 6.49. The van der Waals surface area contributed by atoms with Gasteiger partial charge in [0, 0.05) is 17.3 Å². The van der Waals surface area contributed by atoms with Crippen molar-refractivity contribution in [3.8, 4) is 0 Å². The highest BCUT2D eigenvalue weighted by Crippen LogP contribution is 2.36. The summed E-state index contributed by atoms with van der Waals surface area (Å²) in [6.45, 7) is 14.3. The Balaban J connectivity index is 2.22. The van der Waals surface area contributed by atoms with Gasteiger partial charge in [0.1, 0.15) is 0 Å². The summed E-state index contributed by atoms with van der Waals surface area (Å²) < 4.78 is 17.3. The van der Waals surface area contributed by atoms with Crippen molar-refractivity contribution in [1.82, 2.24) is 4.98 Å². The van der Waals surface area contributed by atoms with E-state index in [2.05, 4.69) is 4.98 Å². The van der Waals surface area contributed by atoms with E-state index >= 15 is 0 Å². The average molecular weight is 333 g/mol. The number of aromatic nitrogens is 1. The van der Waals surface area contributed by atoms with Crippen LogP contribution in [0, 0.1) is 0 Å². The largest absolute Gasteiger partial charge is 0.494 e. The predicted octanol–water partition coefficient (Wildman–Crippen LogP) is 2.61. The van der Waals surface area contributed by atoms with Gasteiger partial charge >= 0.3 is 13.1 Å². The van der Waals surface area contributed by atoms with Crippen LogP contribution < -0.4 is 5.46 Å². The molecule has 5 nitrogen and oxygen atoms in total. The number of pyridine rings is 1. The molecule has 2 heterocycles. The fourth-order valence-corrected chi connectivity index (χ4v) is 2.61. The highest BCUT2D eigenvalue weighted by Gasteiger charge is 2.51. The van der Waals surface area contributed by atoms with Gasteiger partial charge < -0.3 is 14.0 Å². The topological polar surface area (TPSA) is 57.7 Å². The first-order valence-corrected chi connectivity index (χ1v) is 8.46. The molecule has 0 N–H and O–H groups in total. The van der Waals surface area contributed by atoms with Crippen LogP contribution in [0.15, 0.2) is 18.3 Å². The molecule has 1 aliphatic heterocycles. The molecule has 132 valence electrons. The number of ether oxygens (including phenoxy) is 1. The third-order valence-corrected chi connectivity index (χ3v) is 4.89. The molecular formula is C18H28BNO4. The van der Waals surface area contributed by atoms with E-state index in [0.717, 1.165) is 11.2 Å². The standard InChI is InChI=1S/C18H28BNO4/c1-8-22-15(21)12-16(2,3)14-11-13(9-10-20-14)19-23-17(4,5)18(6,7)24-19/h9-11H,8,12H2,1-7H3. The summed E-state index contributed by atoms with van der Waals surface area (Å²) >= 11 is 0. The number of esters is 1. The van der Waals surface area contributed by atoms with Crippen LogP contribution in [-0.2, 0) is 24.3 Å². The molecule has 0 aromatic carbocycles. The normalized spacial score (nSPS) is 19.4. The Morgan fingerprint density at radius 1 is 1.25 bits per heavy atom. The Hall–Kier alpha value is -1.40. The van der Waals surface area contributed by atoms with Gasteiger partial charge in [0.15, 0.2) is 0 Å². The van der Waals surface area contributed by atoms with Gasteiger partial charge in [-0.3, -0.25) is 9.78 Å². The van der Waals surface area contributed by atoms with Crippen LogP contribution in [0.25, 0.3) is 0 Å². The molecule has 0 amide bonds. The maximum Gasteiger partial charge on any atom is 0.494 e. The van der Waals surface area contributed by atoms with Crippen molar-refractivity contribution >= 4 is 18.6 Å². The molecule has 2 rings (SSSR count). The summed E-state index contributed by atoms with van der Waals surface area (Å²) in [5.74, 6) is -0.217. The number of rotatable bonds is 5. The van der Waals surface area contributed by atoms with E-state index in [9.17, 15) is 4.79 Å². The van der Waals surface area contributed by atoms with Crippen molar-refractivity contribution in [3.63, 3.8) is 0 Å². The quantitative estimate of drug-likeness (QED) is 0.612. The number of carbonyl (C=O) groups is 1. The summed E-state index contributed by atoms with van der Waals surface area (Å²) in [6, 6.07) is 3.85. The van der Waals surface area contributed by atoms with Crippen LogP contribution in [0.4, 0.5) is 0 Å². The monoisotopic (exact) mass is 333 g/mol. The summed E-state index contributed by atoms with van der Waals surface area (Å²) in [4.78, 5) is 16.3. The second-order valence-electron chi connectivity index (χ2n) is 7.93. The smallest absolute Gasteiger partial charge is 0.466 e. The average Bonchev–Trinajstić information content (AvgIpc) is 2.67. The van der Waals surface area contributed by atoms with Gasteiger partial charge in [-0.05, 0) is 52.2 Å². The first-order valence-electron chi connectivity index (χ1n) is 8.46. The second-order valence-corrected chi connectivity index (χ2v) is 7.93. The Labute approximate surface area is 145 Å². The van der Waals surface area contributed by atoms with Gasteiger partial charge in [0.2, 0.25) is 0 Å². The van der Waals surface area contributed by atoms with Crippen LogP contribution >= 0.6 is 0 Å². The maximum absolute atomic E-state index is 11.8. The fourth-order valence-electron chi connectivity index (χ4n) is 2.61. The molecule has 1 aliphatic rings. The van der Waals surface area contributed by atoms with Gasteiger partial charge in [0.05, 0.1) is 24.2 Å². The SMILES string of the molecule is CCOC(=O)CC(C)(C)c1cc(B2OC(C)(C)C(C)(C)O2)ccn1. The van der Waals surface area contributed by atoms with Gasteiger partial charge in [-0.25, -0.2) is 0 Å². The minimum absolute atomic E-state index is 0.217. The van der Waals surface area contributed by atoms with Crippen LogP contribution in [-0.4, -0.2) is 35.9 Å². The molecule has 0 bridgehead atoms. The zero-order chi connectivity index (χ0) is 18.2. The van der Waals surface area contributed by atoms with Crippen molar-refractivity contribution in [3.05, 3.63) is 24.0 Å². The molecule has 0 unspecified atom stereocenters. The molecule has 0 saturated carbocycles. The molecule has 1 saturated heterocycles. The van der Waals surface area contributed by atoms with Gasteiger partial charge in [-0.1, -0.05) is 13.8 Å². The lowest BCUT2D eigenvalue weighted by Gasteiger charge is -2.32. The van der Waals surface area contributed by atoms with Crippen molar-refractivity contribution in [2.45, 2.75) is 71.5 Å². The van der Waals surface area contributed by atoms with E-state index in [1.165, 1.54) is 0 Å². The molecule has 1 fully saturated rings.